The van der Waals surface area contributed by atoms with E-state index in [2.05, 4.69) is 5.32 Å². The first kappa shape index (κ1) is 17.5. The molecule has 1 aromatic rings. The number of anilines is 1. The third kappa shape index (κ3) is 3.52. The number of para-hydroxylation sites is 1. The number of hydrogen-bond acceptors (Lipinski definition) is 3. The number of amides is 3. The van der Waals surface area contributed by atoms with Gasteiger partial charge in [-0.05, 0) is 24.5 Å². The van der Waals surface area contributed by atoms with Gasteiger partial charge in [-0.15, -0.1) is 0 Å². The van der Waals surface area contributed by atoms with Gasteiger partial charge in [0.2, 0.25) is 17.7 Å². The third-order valence-corrected chi connectivity index (χ3v) is 5.02. The van der Waals surface area contributed by atoms with E-state index in [0.29, 0.717) is 25.9 Å². The maximum absolute atomic E-state index is 13.1. The van der Waals surface area contributed by atoms with Crippen LogP contribution in [0.25, 0.3) is 0 Å². The fraction of sp³-hybridized carbons (Fsp3) is 0.526. The minimum atomic E-state index is -0.476. The van der Waals surface area contributed by atoms with E-state index in [0.717, 1.165) is 24.1 Å². The molecule has 25 heavy (non-hydrogen) atoms. The van der Waals surface area contributed by atoms with Gasteiger partial charge in [-0.2, -0.15) is 0 Å². The van der Waals surface area contributed by atoms with Crippen LogP contribution in [0.2, 0.25) is 0 Å². The van der Waals surface area contributed by atoms with Gasteiger partial charge in [0, 0.05) is 44.6 Å². The normalized spacial score (nSPS) is 22.5. The molecule has 1 N–H and O–H groups in total. The average Bonchev–Trinajstić information content (AvgIpc) is 3.00. The molecular formula is C19H25N3O3. The summed E-state index contributed by atoms with van der Waals surface area (Å²) in [7, 11) is 0. The average molecular weight is 343 g/mol. The van der Waals surface area contributed by atoms with Crippen LogP contribution in [0.3, 0.4) is 0 Å². The number of fused-ring (bicyclic) bond motifs is 1. The van der Waals surface area contributed by atoms with Gasteiger partial charge in [0.05, 0.1) is 0 Å². The summed E-state index contributed by atoms with van der Waals surface area (Å²) >= 11 is 0. The van der Waals surface area contributed by atoms with Crippen LogP contribution in [-0.2, 0) is 20.8 Å². The molecule has 0 saturated carbocycles. The predicted octanol–water partition coefficient (Wildman–Crippen LogP) is 1.48. The van der Waals surface area contributed by atoms with Crippen LogP contribution in [0, 0.1) is 0 Å². The highest BCUT2D eigenvalue weighted by atomic mass is 16.2. The molecule has 1 aromatic carbocycles. The second-order valence-corrected chi connectivity index (χ2v) is 6.78. The van der Waals surface area contributed by atoms with Crippen LogP contribution >= 0.6 is 0 Å². The van der Waals surface area contributed by atoms with Gasteiger partial charge in [0.25, 0.3) is 0 Å². The van der Waals surface area contributed by atoms with E-state index in [1.54, 1.807) is 9.80 Å². The highest BCUT2D eigenvalue weighted by molar-refractivity contribution is 6.02. The summed E-state index contributed by atoms with van der Waals surface area (Å²) in [5.74, 6) is -0.129. The monoisotopic (exact) mass is 343 g/mol. The Morgan fingerprint density at radius 1 is 1.24 bits per heavy atom. The smallest absolute Gasteiger partial charge is 0.246 e. The lowest BCUT2D eigenvalue weighted by molar-refractivity contribution is -0.136. The van der Waals surface area contributed by atoms with Gasteiger partial charge >= 0.3 is 0 Å². The summed E-state index contributed by atoms with van der Waals surface area (Å²) in [4.78, 5) is 40.3. The van der Waals surface area contributed by atoms with E-state index >= 15 is 0 Å². The molecule has 1 saturated heterocycles. The summed E-state index contributed by atoms with van der Waals surface area (Å²) < 4.78 is 0. The number of nitrogens with zero attached hydrogens (tertiary/aromatic N) is 2. The van der Waals surface area contributed by atoms with Gasteiger partial charge in [-0.1, -0.05) is 25.1 Å². The number of likely N-dealkylation sites (tertiary alicyclic amines) is 1. The van der Waals surface area contributed by atoms with Gasteiger partial charge in [0.15, 0.2) is 0 Å². The van der Waals surface area contributed by atoms with Crippen molar-refractivity contribution in [3.8, 4) is 0 Å². The molecule has 1 fully saturated rings. The Hall–Kier alpha value is -2.37. The molecule has 3 rings (SSSR count). The Morgan fingerprint density at radius 2 is 2.00 bits per heavy atom. The Morgan fingerprint density at radius 3 is 2.72 bits per heavy atom. The molecule has 6 heteroatoms. The second kappa shape index (κ2) is 7.25. The summed E-state index contributed by atoms with van der Waals surface area (Å²) in [5, 5.41) is 2.98. The maximum atomic E-state index is 13.1. The predicted molar refractivity (Wildman–Crippen MR) is 95.1 cm³/mol. The van der Waals surface area contributed by atoms with Crippen LogP contribution in [0.1, 0.15) is 38.7 Å². The Balaban J connectivity index is 1.74. The molecule has 2 aliphatic heterocycles. The van der Waals surface area contributed by atoms with E-state index in [-0.39, 0.29) is 23.8 Å². The molecular weight excluding hydrogens is 318 g/mol. The zero-order valence-corrected chi connectivity index (χ0v) is 14.8. The minimum absolute atomic E-state index is 0.000272. The number of piperidine rings is 1. The van der Waals surface area contributed by atoms with Crippen LogP contribution in [0.15, 0.2) is 24.3 Å². The number of benzene rings is 1. The van der Waals surface area contributed by atoms with E-state index in [1.807, 2.05) is 31.2 Å². The van der Waals surface area contributed by atoms with Gasteiger partial charge in [-0.25, -0.2) is 0 Å². The topological polar surface area (TPSA) is 69.7 Å². The standard InChI is InChI=1S/C19H25N3O3/c1-3-18(24)20-15-8-6-10-21(12-15)19(25)17-11-14-7-4-5-9-16(14)22(17)13(2)23/h4-5,7,9,15,17H,3,6,8,10-12H2,1-2H3,(H,20,24)/t15?,17-/m0/s1. The van der Waals surface area contributed by atoms with Crippen molar-refractivity contribution in [3.63, 3.8) is 0 Å². The van der Waals surface area contributed by atoms with Crippen LogP contribution < -0.4 is 10.2 Å². The molecule has 6 nitrogen and oxygen atoms in total. The van der Waals surface area contributed by atoms with Crippen molar-refractivity contribution >= 4 is 23.4 Å². The van der Waals surface area contributed by atoms with Crippen LogP contribution in [-0.4, -0.2) is 47.8 Å². The SMILES string of the molecule is CCC(=O)NC1CCCN(C(=O)[C@@H]2Cc3ccccc3N2C(C)=O)C1. The van der Waals surface area contributed by atoms with Crippen molar-refractivity contribution in [2.45, 2.75) is 51.6 Å². The quantitative estimate of drug-likeness (QED) is 0.904. The minimum Gasteiger partial charge on any atom is -0.352 e. The molecule has 0 radical (unpaired) electrons. The van der Waals surface area contributed by atoms with E-state index < -0.39 is 6.04 Å². The van der Waals surface area contributed by atoms with Crippen molar-refractivity contribution < 1.29 is 14.4 Å². The molecule has 3 amide bonds. The van der Waals surface area contributed by atoms with Crippen molar-refractivity contribution in [2.24, 2.45) is 0 Å². The molecule has 1 unspecified atom stereocenters. The Kier molecular flexibility index (Phi) is 5.06. The number of hydrogen-bond donors (Lipinski definition) is 1. The lowest BCUT2D eigenvalue weighted by Crippen LogP contribution is -2.55. The summed E-state index contributed by atoms with van der Waals surface area (Å²) in [6.07, 6.45) is 2.74. The first-order valence-corrected chi connectivity index (χ1v) is 8.97. The zero-order chi connectivity index (χ0) is 18.0. The first-order chi connectivity index (χ1) is 12.0. The second-order valence-electron chi connectivity index (χ2n) is 6.78. The summed E-state index contributed by atoms with van der Waals surface area (Å²) in [6.45, 7) is 4.52. The molecule has 0 bridgehead atoms. The van der Waals surface area contributed by atoms with Crippen molar-refractivity contribution in [1.29, 1.82) is 0 Å². The largest absolute Gasteiger partial charge is 0.352 e. The molecule has 2 atom stereocenters. The van der Waals surface area contributed by atoms with Crippen LogP contribution in [0.4, 0.5) is 5.69 Å². The Labute approximate surface area is 148 Å². The van der Waals surface area contributed by atoms with E-state index in [4.69, 9.17) is 0 Å². The molecule has 2 aliphatic rings. The fourth-order valence-corrected chi connectivity index (χ4v) is 3.81. The van der Waals surface area contributed by atoms with Crippen molar-refractivity contribution in [2.75, 3.05) is 18.0 Å². The number of carbonyl (C=O) groups excluding carboxylic acids is 3. The molecule has 0 spiro atoms. The van der Waals surface area contributed by atoms with E-state index in [9.17, 15) is 14.4 Å². The highest BCUT2D eigenvalue weighted by Crippen LogP contribution is 2.33. The van der Waals surface area contributed by atoms with Crippen molar-refractivity contribution in [1.82, 2.24) is 10.2 Å². The molecule has 134 valence electrons. The summed E-state index contributed by atoms with van der Waals surface area (Å²) in [6, 6.07) is 7.21. The van der Waals surface area contributed by atoms with Crippen LogP contribution in [0.5, 0.6) is 0 Å². The number of rotatable bonds is 3. The third-order valence-electron chi connectivity index (χ3n) is 5.02. The van der Waals surface area contributed by atoms with E-state index in [1.165, 1.54) is 6.92 Å². The zero-order valence-electron chi connectivity index (χ0n) is 14.8. The molecule has 0 aliphatic carbocycles. The maximum Gasteiger partial charge on any atom is 0.246 e. The van der Waals surface area contributed by atoms with Gasteiger partial charge in [-0.3, -0.25) is 19.3 Å². The number of carbonyl (C=O) groups is 3. The lowest BCUT2D eigenvalue weighted by atomic mass is 10.0. The first-order valence-electron chi connectivity index (χ1n) is 8.97. The Bertz CT molecular complexity index is 688. The lowest BCUT2D eigenvalue weighted by Gasteiger charge is -2.36. The van der Waals surface area contributed by atoms with Gasteiger partial charge in [0.1, 0.15) is 6.04 Å². The number of nitrogens with one attached hydrogen (secondary N) is 1. The van der Waals surface area contributed by atoms with Gasteiger partial charge < -0.3 is 10.2 Å². The summed E-state index contributed by atoms with van der Waals surface area (Å²) in [5.41, 5.74) is 1.87. The fourth-order valence-electron chi connectivity index (χ4n) is 3.81. The van der Waals surface area contributed by atoms with Crippen molar-refractivity contribution in [3.05, 3.63) is 29.8 Å². The molecule has 0 aromatic heterocycles. The molecule has 2 heterocycles. The highest BCUT2D eigenvalue weighted by Gasteiger charge is 2.39.